The summed E-state index contributed by atoms with van der Waals surface area (Å²) in [6.07, 6.45) is -7.21. The maximum absolute atomic E-state index is 14.0. The number of hydrogen-bond acceptors (Lipinski definition) is 5. The van der Waals surface area contributed by atoms with E-state index in [1.165, 1.54) is 25.2 Å². The number of nitrogens with one attached hydrogen (secondary N) is 1. The van der Waals surface area contributed by atoms with Crippen LogP contribution in [-0.4, -0.2) is 59.1 Å². The Morgan fingerprint density at radius 3 is 2.59 bits per heavy atom. The Hall–Kier alpha value is -3.05. The number of carbonyl (C=O) groups is 2. The molecule has 170 valence electrons. The van der Waals surface area contributed by atoms with Crippen LogP contribution in [-0.2, 0) is 9.53 Å². The zero-order valence-corrected chi connectivity index (χ0v) is 17.4. The summed E-state index contributed by atoms with van der Waals surface area (Å²) in [5, 5.41) is 2.21. The molecule has 3 heterocycles. The largest absolute Gasteiger partial charge is 0.416 e. The van der Waals surface area contributed by atoms with Gasteiger partial charge >= 0.3 is 6.18 Å². The predicted octanol–water partition coefficient (Wildman–Crippen LogP) is 3.31. The van der Waals surface area contributed by atoms with Crippen LogP contribution >= 0.6 is 11.6 Å². The molecule has 0 bridgehead atoms. The molecule has 7 nitrogen and oxygen atoms in total. The summed E-state index contributed by atoms with van der Waals surface area (Å²) in [6.45, 7) is 2.44. The summed E-state index contributed by atoms with van der Waals surface area (Å²) in [5.74, 6) is -2.28. The number of pyridine rings is 2. The normalized spacial score (nSPS) is 18.9. The van der Waals surface area contributed by atoms with Crippen molar-refractivity contribution >= 4 is 23.4 Å². The summed E-state index contributed by atoms with van der Waals surface area (Å²) in [5.41, 5.74) is 0.175. The number of nitrogens with zero attached hydrogens (tertiary/aromatic N) is 3. The van der Waals surface area contributed by atoms with Crippen molar-refractivity contribution in [2.45, 2.75) is 18.4 Å². The summed E-state index contributed by atoms with van der Waals surface area (Å²) >= 11 is 6.07. The van der Waals surface area contributed by atoms with E-state index in [-0.39, 0.29) is 34.2 Å². The highest BCUT2D eigenvalue weighted by molar-refractivity contribution is 6.29. The van der Waals surface area contributed by atoms with Crippen LogP contribution in [0.25, 0.3) is 11.3 Å². The van der Waals surface area contributed by atoms with E-state index in [1.54, 1.807) is 0 Å². The standard InChI is InChI=1S/C20H17ClF4N4O3/c1-3-18(30)29-8-14(32-15(9-29)20(23,24)25)11-5-12(27-16(21)6-11)10-4-13(19(31)26-2)28-17(22)7-10/h3-7,14-15H,1,8-9H2,2H3,(H,26,31)/t14-,15+/m0/s1. The highest BCUT2D eigenvalue weighted by Gasteiger charge is 2.47. The highest BCUT2D eigenvalue weighted by Crippen LogP contribution is 2.35. The molecule has 2 amide bonds. The molecule has 2 aromatic rings. The summed E-state index contributed by atoms with van der Waals surface area (Å²) in [7, 11) is 1.35. The third-order valence-electron chi connectivity index (χ3n) is 4.69. The average molecular weight is 473 g/mol. The van der Waals surface area contributed by atoms with E-state index in [0.29, 0.717) is 0 Å². The van der Waals surface area contributed by atoms with Gasteiger partial charge in [-0.25, -0.2) is 9.97 Å². The van der Waals surface area contributed by atoms with Crippen molar-refractivity contribution in [2.75, 3.05) is 20.1 Å². The number of carbonyl (C=O) groups excluding carboxylic acids is 2. The fourth-order valence-corrected chi connectivity index (χ4v) is 3.39. The molecule has 0 spiro atoms. The van der Waals surface area contributed by atoms with Crippen molar-refractivity contribution in [3.63, 3.8) is 0 Å². The minimum absolute atomic E-state index is 0.0817. The number of rotatable bonds is 4. The van der Waals surface area contributed by atoms with Crippen LogP contribution in [0, 0.1) is 5.95 Å². The summed E-state index contributed by atoms with van der Waals surface area (Å²) in [6, 6.07) is 4.91. The zero-order chi connectivity index (χ0) is 23.6. The molecule has 0 aromatic carbocycles. The first-order valence-electron chi connectivity index (χ1n) is 9.23. The second-order valence-electron chi connectivity index (χ2n) is 6.85. The predicted molar refractivity (Wildman–Crippen MR) is 106 cm³/mol. The van der Waals surface area contributed by atoms with E-state index in [4.69, 9.17) is 16.3 Å². The fraction of sp³-hybridized carbons (Fsp3) is 0.300. The van der Waals surface area contributed by atoms with Gasteiger partial charge in [0, 0.05) is 18.7 Å². The molecule has 12 heteroatoms. The van der Waals surface area contributed by atoms with Gasteiger partial charge in [-0.05, 0) is 29.8 Å². The van der Waals surface area contributed by atoms with Gasteiger partial charge in [-0.1, -0.05) is 18.2 Å². The second-order valence-corrected chi connectivity index (χ2v) is 7.24. The smallest absolute Gasteiger partial charge is 0.357 e. The van der Waals surface area contributed by atoms with E-state index < -0.39 is 42.7 Å². The van der Waals surface area contributed by atoms with E-state index in [1.807, 2.05) is 0 Å². The lowest BCUT2D eigenvalue weighted by Crippen LogP contribution is -2.51. The highest BCUT2D eigenvalue weighted by atomic mass is 35.5. The number of halogens is 5. The molecule has 3 rings (SSSR count). The average Bonchev–Trinajstić information content (AvgIpc) is 2.76. The van der Waals surface area contributed by atoms with E-state index >= 15 is 0 Å². The third kappa shape index (κ3) is 5.22. The Kier molecular flexibility index (Phi) is 6.79. The summed E-state index contributed by atoms with van der Waals surface area (Å²) in [4.78, 5) is 32.4. The number of ether oxygens (including phenoxy) is 1. The maximum atomic E-state index is 14.0. The molecule has 2 atom stereocenters. The van der Waals surface area contributed by atoms with Crippen molar-refractivity contribution < 1.29 is 31.9 Å². The molecule has 32 heavy (non-hydrogen) atoms. The van der Waals surface area contributed by atoms with Crippen molar-refractivity contribution in [3.8, 4) is 11.3 Å². The Morgan fingerprint density at radius 1 is 1.25 bits per heavy atom. The first kappa shape index (κ1) is 23.6. The first-order valence-corrected chi connectivity index (χ1v) is 9.60. The topological polar surface area (TPSA) is 84.4 Å². The molecular weight excluding hydrogens is 456 g/mol. The number of hydrogen-bond donors (Lipinski definition) is 1. The quantitative estimate of drug-likeness (QED) is 0.419. The van der Waals surface area contributed by atoms with Crippen LogP contribution in [0.2, 0.25) is 5.15 Å². The monoisotopic (exact) mass is 472 g/mol. The molecule has 1 saturated heterocycles. The molecule has 0 radical (unpaired) electrons. The lowest BCUT2D eigenvalue weighted by molar-refractivity contribution is -0.253. The van der Waals surface area contributed by atoms with E-state index in [0.717, 1.165) is 17.0 Å². The van der Waals surface area contributed by atoms with Gasteiger partial charge in [0.15, 0.2) is 6.10 Å². The molecule has 1 aliphatic rings. The van der Waals surface area contributed by atoms with Gasteiger partial charge in [-0.15, -0.1) is 0 Å². The maximum Gasteiger partial charge on any atom is 0.416 e. The minimum atomic E-state index is -4.71. The van der Waals surface area contributed by atoms with E-state index in [2.05, 4.69) is 21.9 Å². The lowest BCUT2D eigenvalue weighted by atomic mass is 10.0. The van der Waals surface area contributed by atoms with Crippen LogP contribution in [0.4, 0.5) is 17.6 Å². The number of alkyl halides is 3. The van der Waals surface area contributed by atoms with Gasteiger partial charge < -0.3 is 15.0 Å². The first-order chi connectivity index (χ1) is 15.0. The second kappa shape index (κ2) is 9.21. The molecular formula is C20H17ClF4N4O3. The number of aromatic nitrogens is 2. The molecule has 1 aliphatic heterocycles. The number of morpholine rings is 1. The third-order valence-corrected chi connectivity index (χ3v) is 4.88. The van der Waals surface area contributed by atoms with Gasteiger partial charge in [-0.2, -0.15) is 17.6 Å². The molecule has 1 fully saturated rings. The van der Waals surface area contributed by atoms with Crippen molar-refractivity contribution in [1.29, 1.82) is 0 Å². The lowest BCUT2D eigenvalue weighted by Gasteiger charge is -2.38. The van der Waals surface area contributed by atoms with E-state index in [9.17, 15) is 27.2 Å². The summed E-state index contributed by atoms with van der Waals surface area (Å²) < 4.78 is 59.3. The Balaban J connectivity index is 2.02. The molecule has 0 unspecified atom stereocenters. The Morgan fingerprint density at radius 2 is 1.97 bits per heavy atom. The molecule has 2 aromatic heterocycles. The van der Waals surface area contributed by atoms with Gasteiger partial charge in [0.25, 0.3) is 5.91 Å². The van der Waals surface area contributed by atoms with Crippen molar-refractivity contribution in [1.82, 2.24) is 20.2 Å². The van der Waals surface area contributed by atoms with Gasteiger partial charge in [0.2, 0.25) is 11.9 Å². The van der Waals surface area contributed by atoms with Crippen LogP contribution in [0.3, 0.4) is 0 Å². The Bertz CT molecular complexity index is 1060. The van der Waals surface area contributed by atoms with Crippen LogP contribution in [0.15, 0.2) is 36.9 Å². The molecule has 0 saturated carbocycles. The van der Waals surface area contributed by atoms with Gasteiger partial charge in [-0.3, -0.25) is 9.59 Å². The van der Waals surface area contributed by atoms with Crippen molar-refractivity contribution in [2.24, 2.45) is 0 Å². The SMILES string of the molecule is C=CC(=O)N1C[C@@H](c2cc(Cl)nc(-c3cc(F)nc(C(=O)NC)c3)c2)O[C@@H](C(F)(F)F)C1. The van der Waals surface area contributed by atoms with Gasteiger partial charge in [0.1, 0.15) is 17.0 Å². The Labute approximate surface area is 185 Å². The zero-order valence-electron chi connectivity index (χ0n) is 16.6. The fourth-order valence-electron chi connectivity index (χ4n) is 3.17. The van der Waals surface area contributed by atoms with Gasteiger partial charge in [0.05, 0.1) is 18.8 Å². The molecule has 1 N–H and O–H groups in total. The minimum Gasteiger partial charge on any atom is -0.357 e. The van der Waals surface area contributed by atoms with Crippen LogP contribution < -0.4 is 5.32 Å². The van der Waals surface area contributed by atoms with Crippen LogP contribution in [0.5, 0.6) is 0 Å². The number of amides is 2. The van der Waals surface area contributed by atoms with Crippen LogP contribution in [0.1, 0.15) is 22.2 Å². The molecule has 0 aliphatic carbocycles. The van der Waals surface area contributed by atoms with Crippen molar-refractivity contribution in [3.05, 3.63) is 59.3 Å².